The molecule has 0 aromatic rings. The van der Waals surface area contributed by atoms with Crippen LogP contribution in [0.2, 0.25) is 0 Å². The maximum atomic E-state index is 10.7. The average Bonchev–Trinajstić information content (AvgIpc) is 2.54. The molecule has 0 rings (SSSR count). The molecule has 26 heavy (non-hydrogen) atoms. The third-order valence-corrected chi connectivity index (χ3v) is 6.67. The molecule has 0 aromatic carbocycles. The lowest BCUT2D eigenvalue weighted by atomic mass is 10.0. The molecule has 0 saturated heterocycles. The Labute approximate surface area is 171 Å². The lowest BCUT2D eigenvalue weighted by Crippen LogP contribution is -1.96. The Hall–Kier alpha value is 0.480. The Morgan fingerprint density at radius 2 is 0.769 bits per heavy atom. The zero-order valence-corrected chi connectivity index (χ0v) is 19.7. The van der Waals surface area contributed by atoms with E-state index in [2.05, 4.69) is 17.6 Å². The number of rotatable bonds is 16. The van der Waals surface area contributed by atoms with E-state index in [0.717, 1.165) is 12.8 Å². The van der Waals surface area contributed by atoms with Gasteiger partial charge in [-0.2, -0.15) is 0 Å². The van der Waals surface area contributed by atoms with Crippen molar-refractivity contribution in [1.82, 2.24) is 0 Å². The first-order valence-corrected chi connectivity index (χ1v) is 14.9. The van der Waals surface area contributed by atoms with Crippen LogP contribution in [0.15, 0.2) is 0 Å². The van der Waals surface area contributed by atoms with E-state index in [4.69, 9.17) is 10.7 Å². The second-order valence-corrected chi connectivity index (χ2v) is 12.6. The highest BCUT2D eigenvalue weighted by atomic mass is 35.7. The molecule has 0 amide bonds. The predicted molar refractivity (Wildman–Crippen MR) is 115 cm³/mol. The molecule has 0 N–H and O–H groups in total. The molecule has 0 aliphatic heterocycles. The Morgan fingerprint density at radius 1 is 0.500 bits per heavy atom. The SMILES string of the molecule is CCCCCCCCCCCCCCCCS(=O)(=O)Cl.CCS(=O)(=O)Cl. The molecular formula is C18H38Cl2O4S2. The second kappa shape index (κ2) is 18.8. The predicted octanol–water partition coefficient (Wildman–Crippen LogP) is 6.61. The Bertz CT molecular complexity index is 491. The summed E-state index contributed by atoms with van der Waals surface area (Å²) in [6.45, 7) is 3.75. The minimum atomic E-state index is -3.27. The van der Waals surface area contributed by atoms with Crippen LogP contribution in [0.25, 0.3) is 0 Å². The molecule has 0 aliphatic carbocycles. The molecule has 0 radical (unpaired) electrons. The van der Waals surface area contributed by atoms with Gasteiger partial charge in [0.1, 0.15) is 0 Å². The van der Waals surface area contributed by atoms with E-state index >= 15 is 0 Å². The molecule has 0 bridgehead atoms. The first kappa shape index (κ1) is 28.7. The third kappa shape index (κ3) is 32.2. The molecule has 4 nitrogen and oxygen atoms in total. The van der Waals surface area contributed by atoms with Crippen molar-refractivity contribution in [3.63, 3.8) is 0 Å². The fourth-order valence-electron chi connectivity index (χ4n) is 2.47. The van der Waals surface area contributed by atoms with Gasteiger partial charge in [-0.15, -0.1) is 0 Å². The molecule has 160 valence electrons. The van der Waals surface area contributed by atoms with Crippen LogP contribution in [-0.2, 0) is 18.1 Å². The lowest BCUT2D eigenvalue weighted by Gasteiger charge is -2.02. The van der Waals surface area contributed by atoms with Crippen LogP contribution in [0.4, 0.5) is 0 Å². The lowest BCUT2D eigenvalue weighted by molar-refractivity contribution is 0.537. The summed E-state index contributed by atoms with van der Waals surface area (Å²) in [5.41, 5.74) is 0. The Morgan fingerprint density at radius 3 is 1.00 bits per heavy atom. The van der Waals surface area contributed by atoms with Crippen LogP contribution < -0.4 is 0 Å². The van der Waals surface area contributed by atoms with Gasteiger partial charge in [0.15, 0.2) is 0 Å². The van der Waals surface area contributed by atoms with E-state index in [0.29, 0.717) is 6.42 Å². The van der Waals surface area contributed by atoms with E-state index in [9.17, 15) is 16.8 Å². The van der Waals surface area contributed by atoms with Gasteiger partial charge in [0, 0.05) is 21.4 Å². The van der Waals surface area contributed by atoms with Crippen LogP contribution in [0.1, 0.15) is 104 Å². The smallest absolute Gasteiger partial charge is 0.212 e. The zero-order valence-electron chi connectivity index (χ0n) is 16.5. The van der Waals surface area contributed by atoms with Gasteiger partial charge in [-0.1, -0.05) is 97.3 Å². The average molecular weight is 454 g/mol. The van der Waals surface area contributed by atoms with Crippen LogP contribution in [-0.4, -0.2) is 28.3 Å². The van der Waals surface area contributed by atoms with Gasteiger partial charge >= 0.3 is 0 Å². The van der Waals surface area contributed by atoms with Crippen molar-refractivity contribution in [2.24, 2.45) is 0 Å². The van der Waals surface area contributed by atoms with Crippen molar-refractivity contribution in [3.05, 3.63) is 0 Å². The Kier molecular flexibility index (Phi) is 20.8. The normalized spacial score (nSPS) is 11.8. The second-order valence-electron chi connectivity index (χ2n) is 6.67. The van der Waals surface area contributed by atoms with Gasteiger partial charge in [-0.05, 0) is 6.42 Å². The van der Waals surface area contributed by atoms with Crippen LogP contribution >= 0.6 is 21.4 Å². The van der Waals surface area contributed by atoms with Crippen LogP contribution in [0, 0.1) is 0 Å². The molecule has 0 fully saturated rings. The maximum absolute atomic E-state index is 10.7. The number of hydrogen-bond acceptors (Lipinski definition) is 4. The molecule has 0 spiro atoms. The van der Waals surface area contributed by atoms with E-state index < -0.39 is 18.1 Å². The van der Waals surface area contributed by atoms with Crippen molar-refractivity contribution >= 4 is 39.5 Å². The zero-order chi connectivity index (χ0) is 20.3. The molecule has 0 unspecified atom stereocenters. The van der Waals surface area contributed by atoms with Gasteiger partial charge < -0.3 is 0 Å². The molecule has 8 heteroatoms. The fourth-order valence-corrected chi connectivity index (χ4v) is 3.35. The number of hydrogen-bond donors (Lipinski definition) is 0. The fraction of sp³-hybridized carbons (Fsp3) is 1.00. The first-order valence-electron chi connectivity index (χ1n) is 9.97. The maximum Gasteiger partial charge on any atom is 0.232 e. The van der Waals surface area contributed by atoms with E-state index in [1.54, 1.807) is 0 Å². The molecule has 0 aromatic heterocycles. The molecule has 0 atom stereocenters. The van der Waals surface area contributed by atoms with E-state index in [1.807, 2.05) is 0 Å². The summed E-state index contributed by atoms with van der Waals surface area (Å²) >= 11 is 0. The monoisotopic (exact) mass is 452 g/mol. The summed E-state index contributed by atoms with van der Waals surface area (Å²) in [6, 6.07) is 0. The van der Waals surface area contributed by atoms with Gasteiger partial charge in [-0.3, -0.25) is 0 Å². The molecule has 0 aliphatic rings. The van der Waals surface area contributed by atoms with Crippen molar-refractivity contribution in [2.75, 3.05) is 11.5 Å². The highest BCUT2D eigenvalue weighted by Gasteiger charge is 2.03. The molecule has 0 saturated carbocycles. The van der Waals surface area contributed by atoms with E-state index in [1.165, 1.54) is 77.6 Å². The quantitative estimate of drug-likeness (QED) is 0.195. The number of unbranched alkanes of at least 4 members (excludes halogenated alkanes) is 13. The molecule has 0 heterocycles. The Balaban J connectivity index is 0. The van der Waals surface area contributed by atoms with Crippen molar-refractivity contribution in [2.45, 2.75) is 104 Å². The van der Waals surface area contributed by atoms with Crippen molar-refractivity contribution in [1.29, 1.82) is 0 Å². The summed E-state index contributed by atoms with van der Waals surface area (Å²) < 4.78 is 41.0. The summed E-state index contributed by atoms with van der Waals surface area (Å²) in [4.78, 5) is 0. The topological polar surface area (TPSA) is 68.3 Å². The summed E-state index contributed by atoms with van der Waals surface area (Å²) in [5, 5.41) is 0. The van der Waals surface area contributed by atoms with Crippen molar-refractivity contribution in [3.8, 4) is 0 Å². The van der Waals surface area contributed by atoms with Crippen LogP contribution in [0.5, 0.6) is 0 Å². The summed E-state index contributed by atoms with van der Waals surface area (Å²) in [7, 11) is 3.39. The largest absolute Gasteiger partial charge is 0.232 e. The van der Waals surface area contributed by atoms with Gasteiger partial charge in [0.25, 0.3) is 0 Å². The highest BCUT2D eigenvalue weighted by Crippen LogP contribution is 2.13. The molecular weight excluding hydrogens is 415 g/mol. The minimum absolute atomic E-state index is 0.00849. The van der Waals surface area contributed by atoms with Crippen LogP contribution in [0.3, 0.4) is 0 Å². The number of halogens is 2. The van der Waals surface area contributed by atoms with Gasteiger partial charge in [-0.25, -0.2) is 16.8 Å². The first-order chi connectivity index (χ1) is 12.1. The van der Waals surface area contributed by atoms with E-state index in [-0.39, 0.29) is 11.5 Å². The van der Waals surface area contributed by atoms with Crippen molar-refractivity contribution < 1.29 is 16.8 Å². The standard InChI is InChI=1S/C16H33ClO2S.C2H5ClO2S/c1-2-3-4-5-6-7-8-9-10-11-12-13-14-15-16-20(17,18)19;1-2-6(3,4)5/h2-16H2,1H3;2H2,1H3. The van der Waals surface area contributed by atoms with Gasteiger partial charge in [0.05, 0.1) is 11.5 Å². The minimum Gasteiger partial charge on any atom is -0.212 e. The highest BCUT2D eigenvalue weighted by molar-refractivity contribution is 8.14. The summed E-state index contributed by atoms with van der Waals surface area (Å²) in [5.74, 6) is 0.140. The summed E-state index contributed by atoms with van der Waals surface area (Å²) in [6.07, 6.45) is 17.8. The third-order valence-electron chi connectivity index (χ3n) is 4.09. The van der Waals surface area contributed by atoms with Gasteiger partial charge in [0.2, 0.25) is 18.1 Å².